The molecule has 0 saturated heterocycles. The second-order valence-corrected chi connectivity index (χ2v) is 6.49. The van der Waals surface area contributed by atoms with Crippen LogP contribution < -0.4 is 10.1 Å². The van der Waals surface area contributed by atoms with Gasteiger partial charge in [0.15, 0.2) is 11.0 Å². The van der Waals surface area contributed by atoms with Crippen molar-refractivity contribution in [2.45, 2.75) is 5.16 Å². The number of aromatic nitrogens is 5. The van der Waals surface area contributed by atoms with E-state index in [1.54, 1.807) is 29.5 Å². The smallest absolute Gasteiger partial charge is 0.243 e. The fraction of sp³-hybridized carbons (Fsp3) is 0.250. The molecule has 8 nitrogen and oxygen atoms in total. The van der Waals surface area contributed by atoms with Gasteiger partial charge < -0.3 is 14.6 Å². The predicted molar refractivity (Wildman–Crippen MR) is 95.5 cm³/mol. The average Bonchev–Trinajstić information content (AvgIpc) is 3.17. The Balaban J connectivity index is 1.68. The van der Waals surface area contributed by atoms with Crippen molar-refractivity contribution in [1.82, 2.24) is 24.5 Å². The van der Waals surface area contributed by atoms with E-state index in [4.69, 9.17) is 4.74 Å². The van der Waals surface area contributed by atoms with Gasteiger partial charge in [-0.2, -0.15) is 0 Å². The summed E-state index contributed by atoms with van der Waals surface area (Å²) in [5, 5.41) is 15.2. The summed E-state index contributed by atoms with van der Waals surface area (Å²) in [4.78, 5) is 12.0. The summed E-state index contributed by atoms with van der Waals surface area (Å²) in [6, 6.07) is 2.95. The summed E-state index contributed by atoms with van der Waals surface area (Å²) in [5.41, 5.74) is 0.584. The van der Waals surface area contributed by atoms with Crippen LogP contribution in [0, 0.1) is 11.6 Å². The monoisotopic (exact) mass is 394 g/mol. The van der Waals surface area contributed by atoms with Crippen LogP contribution in [0.5, 0.6) is 5.88 Å². The molecule has 3 aromatic rings. The van der Waals surface area contributed by atoms with Gasteiger partial charge >= 0.3 is 0 Å². The normalized spacial score (nSPS) is 10.9. The molecule has 142 valence electrons. The second kappa shape index (κ2) is 7.74. The number of nitrogens with zero attached hydrogens (tertiary/aromatic N) is 5. The molecule has 1 amide bonds. The zero-order chi connectivity index (χ0) is 19.6. The van der Waals surface area contributed by atoms with Gasteiger partial charge in [0.25, 0.3) is 0 Å². The van der Waals surface area contributed by atoms with Crippen LogP contribution in [-0.4, -0.2) is 43.3 Å². The molecule has 3 rings (SSSR count). The van der Waals surface area contributed by atoms with Gasteiger partial charge in [-0.25, -0.2) is 8.78 Å². The average molecular weight is 394 g/mol. The van der Waals surface area contributed by atoms with Crippen LogP contribution in [0.1, 0.15) is 0 Å². The highest BCUT2D eigenvalue weighted by atomic mass is 32.2. The molecule has 2 aromatic heterocycles. The van der Waals surface area contributed by atoms with E-state index in [1.807, 2.05) is 0 Å². The number of hydrogen-bond acceptors (Lipinski definition) is 6. The van der Waals surface area contributed by atoms with Gasteiger partial charge in [0, 0.05) is 26.4 Å². The molecule has 0 bridgehead atoms. The number of amides is 1. The summed E-state index contributed by atoms with van der Waals surface area (Å²) in [5.74, 6) is -1.07. The fourth-order valence-corrected chi connectivity index (χ4v) is 3.07. The van der Waals surface area contributed by atoms with Crippen molar-refractivity contribution in [3.05, 3.63) is 36.0 Å². The lowest BCUT2D eigenvalue weighted by atomic mass is 10.3. The van der Waals surface area contributed by atoms with E-state index < -0.39 is 17.5 Å². The Morgan fingerprint density at radius 3 is 2.78 bits per heavy atom. The SMILES string of the molecule is COc1nn(C)cc1-c1nnc(SCC(=O)Nc2ccc(F)cc2F)n1C. The predicted octanol–water partition coefficient (Wildman–Crippen LogP) is 2.23. The van der Waals surface area contributed by atoms with Crippen LogP contribution in [0.25, 0.3) is 11.4 Å². The molecular formula is C16H16F2N6O2S. The highest BCUT2D eigenvalue weighted by Crippen LogP contribution is 2.29. The minimum absolute atomic E-state index is 0.0209. The quantitative estimate of drug-likeness (QED) is 0.646. The van der Waals surface area contributed by atoms with Gasteiger partial charge in [0.2, 0.25) is 11.8 Å². The molecule has 2 heterocycles. The first-order valence-electron chi connectivity index (χ1n) is 7.74. The van der Waals surface area contributed by atoms with E-state index >= 15 is 0 Å². The largest absolute Gasteiger partial charge is 0.479 e. The summed E-state index contributed by atoms with van der Waals surface area (Å²) in [6.07, 6.45) is 1.75. The Labute approximate surface area is 157 Å². The molecule has 0 saturated carbocycles. The number of thioether (sulfide) groups is 1. The minimum atomic E-state index is -0.835. The topological polar surface area (TPSA) is 86.9 Å². The maximum atomic E-state index is 13.6. The molecule has 0 aliphatic heterocycles. The van der Waals surface area contributed by atoms with Gasteiger partial charge in [-0.15, -0.1) is 15.3 Å². The van der Waals surface area contributed by atoms with E-state index in [9.17, 15) is 13.6 Å². The van der Waals surface area contributed by atoms with Crippen molar-refractivity contribution in [1.29, 1.82) is 0 Å². The number of methoxy groups -OCH3 is 1. The van der Waals surface area contributed by atoms with Crippen LogP contribution in [0.2, 0.25) is 0 Å². The molecule has 11 heteroatoms. The summed E-state index contributed by atoms with van der Waals surface area (Å²) in [6.45, 7) is 0. The molecule has 1 N–H and O–H groups in total. The highest BCUT2D eigenvalue weighted by Gasteiger charge is 2.19. The van der Waals surface area contributed by atoms with Gasteiger partial charge in [-0.05, 0) is 12.1 Å². The number of hydrogen-bond donors (Lipinski definition) is 1. The highest BCUT2D eigenvalue weighted by molar-refractivity contribution is 7.99. The van der Waals surface area contributed by atoms with Gasteiger partial charge in [-0.1, -0.05) is 11.8 Å². The third-order valence-corrected chi connectivity index (χ3v) is 4.62. The Kier molecular flexibility index (Phi) is 5.40. The third kappa shape index (κ3) is 4.08. The molecule has 0 fully saturated rings. The van der Waals surface area contributed by atoms with Crippen LogP contribution >= 0.6 is 11.8 Å². The van der Waals surface area contributed by atoms with E-state index in [1.165, 1.54) is 13.2 Å². The zero-order valence-electron chi connectivity index (χ0n) is 14.7. The van der Waals surface area contributed by atoms with E-state index in [2.05, 4.69) is 20.6 Å². The van der Waals surface area contributed by atoms with Crippen LogP contribution in [0.3, 0.4) is 0 Å². The molecule has 27 heavy (non-hydrogen) atoms. The lowest BCUT2D eigenvalue weighted by Crippen LogP contribution is -2.15. The zero-order valence-corrected chi connectivity index (χ0v) is 15.5. The van der Waals surface area contributed by atoms with Crippen molar-refractivity contribution in [3.63, 3.8) is 0 Å². The van der Waals surface area contributed by atoms with Gasteiger partial charge in [-0.3, -0.25) is 9.48 Å². The first kappa shape index (κ1) is 18.8. The Morgan fingerprint density at radius 1 is 1.30 bits per heavy atom. The van der Waals surface area contributed by atoms with E-state index in [0.717, 1.165) is 17.8 Å². The fourth-order valence-electron chi connectivity index (χ4n) is 2.35. The van der Waals surface area contributed by atoms with Crippen molar-refractivity contribution < 1.29 is 18.3 Å². The Morgan fingerprint density at radius 2 is 2.07 bits per heavy atom. The number of ether oxygens (including phenoxy) is 1. The first-order chi connectivity index (χ1) is 12.9. The lowest BCUT2D eigenvalue weighted by molar-refractivity contribution is -0.113. The van der Waals surface area contributed by atoms with Crippen molar-refractivity contribution in [2.75, 3.05) is 18.2 Å². The number of nitrogens with one attached hydrogen (secondary N) is 1. The molecule has 0 aliphatic rings. The molecule has 0 unspecified atom stereocenters. The maximum absolute atomic E-state index is 13.6. The molecule has 0 spiro atoms. The van der Waals surface area contributed by atoms with Crippen molar-refractivity contribution in [2.24, 2.45) is 14.1 Å². The van der Waals surface area contributed by atoms with Gasteiger partial charge in [0.05, 0.1) is 18.6 Å². The van der Waals surface area contributed by atoms with Crippen molar-refractivity contribution in [3.8, 4) is 17.3 Å². The molecule has 0 atom stereocenters. The number of carbonyl (C=O) groups is 1. The first-order valence-corrected chi connectivity index (χ1v) is 8.72. The molecular weight excluding hydrogens is 378 g/mol. The second-order valence-electron chi connectivity index (χ2n) is 5.55. The molecule has 1 aromatic carbocycles. The lowest BCUT2D eigenvalue weighted by Gasteiger charge is -2.06. The van der Waals surface area contributed by atoms with Crippen LogP contribution in [0.15, 0.2) is 29.6 Å². The Bertz CT molecular complexity index is 987. The molecule has 0 radical (unpaired) electrons. The Hall–Kier alpha value is -2.95. The summed E-state index contributed by atoms with van der Waals surface area (Å²) >= 11 is 1.13. The van der Waals surface area contributed by atoms with E-state index in [0.29, 0.717) is 28.5 Å². The van der Waals surface area contributed by atoms with Crippen molar-refractivity contribution >= 4 is 23.4 Å². The minimum Gasteiger partial charge on any atom is -0.479 e. The molecule has 0 aliphatic carbocycles. The van der Waals surface area contributed by atoms with Gasteiger partial charge in [0.1, 0.15) is 17.2 Å². The number of aryl methyl sites for hydroxylation is 1. The summed E-state index contributed by atoms with van der Waals surface area (Å²) < 4.78 is 35.0. The standard InChI is InChI=1S/C16H16F2N6O2S/c1-23-7-10(15(22-23)26-3)14-20-21-16(24(14)2)27-8-13(25)19-12-5-4-9(17)6-11(12)18/h4-7H,8H2,1-3H3,(H,19,25). The third-order valence-electron chi connectivity index (χ3n) is 3.60. The van der Waals surface area contributed by atoms with Crippen LogP contribution in [-0.2, 0) is 18.9 Å². The number of benzene rings is 1. The van der Waals surface area contributed by atoms with E-state index in [-0.39, 0.29) is 11.4 Å². The number of rotatable bonds is 6. The van der Waals surface area contributed by atoms with Crippen LogP contribution in [0.4, 0.5) is 14.5 Å². The summed E-state index contributed by atoms with van der Waals surface area (Å²) in [7, 11) is 5.02. The number of halogens is 2. The number of carbonyl (C=O) groups excluding carboxylic acids is 1. The maximum Gasteiger partial charge on any atom is 0.243 e. The number of anilines is 1.